The van der Waals surface area contributed by atoms with Gasteiger partial charge in [0.05, 0.1) is 5.56 Å². The number of hydrogen-bond acceptors (Lipinski definition) is 5. The Morgan fingerprint density at radius 2 is 1.07 bits per heavy atom. The van der Waals surface area contributed by atoms with E-state index in [-0.39, 0.29) is 5.56 Å². The molecular weight excluding hydrogens is 512 g/mol. The van der Waals surface area contributed by atoms with Gasteiger partial charge in [-0.15, -0.1) is 0 Å². The van der Waals surface area contributed by atoms with Crippen LogP contribution in [0, 0.1) is 0 Å². The Morgan fingerprint density at radius 3 is 1.54 bits per heavy atom. The smallest absolute Gasteiger partial charge is 0.335 e. The van der Waals surface area contributed by atoms with E-state index in [2.05, 4.69) is 12.2 Å². The molecule has 3 aromatic rings. The number of carboxylic acid groups (broad SMARTS) is 1. The average Bonchev–Trinajstić information content (AvgIpc) is 2.97. The molecule has 0 bridgehead atoms. The van der Waals surface area contributed by atoms with Crippen molar-refractivity contribution in [2.45, 2.75) is 96.8 Å². The number of ether oxygens (including phenoxy) is 2. The fraction of sp³-hybridized carbons (Fsp3) is 0.457. The third-order valence-electron chi connectivity index (χ3n) is 7.19. The van der Waals surface area contributed by atoms with Crippen molar-refractivity contribution in [1.29, 1.82) is 0 Å². The molecule has 41 heavy (non-hydrogen) atoms. The third-order valence-corrected chi connectivity index (χ3v) is 7.19. The molecule has 0 aliphatic carbocycles. The predicted molar refractivity (Wildman–Crippen MR) is 170 cm³/mol. The first-order valence-corrected chi connectivity index (χ1v) is 15.5. The van der Waals surface area contributed by atoms with Crippen LogP contribution in [0.4, 0.5) is 11.4 Å². The highest BCUT2D eigenvalue weighted by Crippen LogP contribution is 2.31. The standard InChI is InChI=1S/C35H48N2O4/c1-2-3-4-5-6-7-8-9-10-11-12-13-14-15-24-37-30-18-22-32(23-19-30)41-34-26-28(35(38)39)25-33(27-34)40-31-20-16-29(36)17-21-31/h16-23,25-27,37H,2-15,24,36H2,1H3,(H,38,39). The zero-order valence-corrected chi connectivity index (χ0v) is 24.7. The van der Waals surface area contributed by atoms with Crippen molar-refractivity contribution in [1.82, 2.24) is 0 Å². The number of nitrogens with one attached hydrogen (secondary N) is 1. The van der Waals surface area contributed by atoms with Gasteiger partial charge in [-0.25, -0.2) is 4.79 Å². The Labute approximate surface area is 246 Å². The van der Waals surface area contributed by atoms with E-state index in [0.717, 1.165) is 18.7 Å². The van der Waals surface area contributed by atoms with Crippen molar-refractivity contribution >= 4 is 17.3 Å². The molecule has 0 spiro atoms. The number of aromatic carboxylic acids is 1. The van der Waals surface area contributed by atoms with E-state index in [1.807, 2.05) is 24.3 Å². The van der Waals surface area contributed by atoms with Crippen molar-refractivity contribution in [3.05, 3.63) is 72.3 Å². The molecular formula is C35H48N2O4. The summed E-state index contributed by atoms with van der Waals surface area (Å²) in [4.78, 5) is 11.6. The Kier molecular flexibility index (Phi) is 14.5. The van der Waals surface area contributed by atoms with Gasteiger partial charge in [0.15, 0.2) is 0 Å². The van der Waals surface area contributed by atoms with Crippen LogP contribution in [0.5, 0.6) is 23.0 Å². The predicted octanol–water partition coefficient (Wildman–Crippen LogP) is 10.4. The van der Waals surface area contributed by atoms with E-state index >= 15 is 0 Å². The second-order valence-corrected chi connectivity index (χ2v) is 10.8. The van der Waals surface area contributed by atoms with Gasteiger partial charge in [-0.1, -0.05) is 90.4 Å². The van der Waals surface area contributed by atoms with Crippen LogP contribution >= 0.6 is 0 Å². The van der Waals surface area contributed by atoms with Crippen LogP contribution in [0.2, 0.25) is 0 Å². The molecule has 3 rings (SSSR count). The lowest BCUT2D eigenvalue weighted by Crippen LogP contribution is -2.01. The van der Waals surface area contributed by atoms with Crippen LogP contribution in [-0.2, 0) is 0 Å². The van der Waals surface area contributed by atoms with E-state index in [1.165, 1.54) is 95.6 Å². The summed E-state index contributed by atoms with van der Waals surface area (Å²) in [5.41, 5.74) is 7.48. The van der Waals surface area contributed by atoms with Gasteiger partial charge in [-0.3, -0.25) is 0 Å². The van der Waals surface area contributed by atoms with Gasteiger partial charge in [0, 0.05) is 24.0 Å². The van der Waals surface area contributed by atoms with E-state index in [4.69, 9.17) is 15.2 Å². The molecule has 6 nitrogen and oxygen atoms in total. The summed E-state index contributed by atoms with van der Waals surface area (Å²) in [5, 5.41) is 13.0. The minimum atomic E-state index is -1.05. The van der Waals surface area contributed by atoms with Gasteiger partial charge < -0.3 is 25.6 Å². The first kappa shape index (κ1) is 31.9. The van der Waals surface area contributed by atoms with Crippen LogP contribution in [0.1, 0.15) is 107 Å². The highest BCUT2D eigenvalue weighted by molar-refractivity contribution is 5.88. The fourth-order valence-corrected chi connectivity index (χ4v) is 4.81. The summed E-state index contributed by atoms with van der Waals surface area (Å²) in [5.74, 6) is 0.880. The SMILES string of the molecule is CCCCCCCCCCCCCCCCNc1ccc(Oc2cc(Oc3ccc(N)cc3)cc(C(=O)O)c2)cc1. The van der Waals surface area contributed by atoms with Gasteiger partial charge in [-0.2, -0.15) is 0 Å². The second kappa shape index (κ2) is 18.6. The monoisotopic (exact) mass is 560 g/mol. The molecule has 0 saturated carbocycles. The highest BCUT2D eigenvalue weighted by atomic mass is 16.5. The quantitative estimate of drug-likeness (QED) is 0.0886. The molecule has 0 fully saturated rings. The zero-order valence-electron chi connectivity index (χ0n) is 24.7. The van der Waals surface area contributed by atoms with Crippen molar-refractivity contribution in [3.63, 3.8) is 0 Å². The number of hydrogen-bond donors (Lipinski definition) is 3. The first-order valence-electron chi connectivity index (χ1n) is 15.5. The highest BCUT2D eigenvalue weighted by Gasteiger charge is 2.11. The van der Waals surface area contributed by atoms with Crippen LogP contribution in [0.15, 0.2) is 66.7 Å². The van der Waals surface area contributed by atoms with Gasteiger partial charge in [0.2, 0.25) is 0 Å². The number of carbonyl (C=O) groups is 1. The maximum Gasteiger partial charge on any atom is 0.335 e. The number of nitrogens with two attached hydrogens (primary N) is 1. The van der Waals surface area contributed by atoms with E-state index in [1.54, 1.807) is 30.3 Å². The maximum atomic E-state index is 11.6. The van der Waals surface area contributed by atoms with Gasteiger partial charge >= 0.3 is 5.97 Å². The minimum Gasteiger partial charge on any atom is -0.478 e. The normalized spacial score (nSPS) is 10.9. The molecule has 0 unspecified atom stereocenters. The Bertz CT molecular complexity index is 1150. The van der Waals surface area contributed by atoms with Crippen molar-refractivity contribution in [3.8, 4) is 23.0 Å². The summed E-state index contributed by atoms with van der Waals surface area (Å²) in [7, 11) is 0. The van der Waals surface area contributed by atoms with Gasteiger partial charge in [0.25, 0.3) is 0 Å². The van der Waals surface area contributed by atoms with Crippen LogP contribution in [0.25, 0.3) is 0 Å². The van der Waals surface area contributed by atoms with Gasteiger partial charge in [-0.05, 0) is 67.1 Å². The first-order chi connectivity index (χ1) is 20.0. The van der Waals surface area contributed by atoms with E-state index < -0.39 is 5.97 Å². The van der Waals surface area contributed by atoms with E-state index in [0.29, 0.717) is 28.7 Å². The number of carboxylic acids is 1. The molecule has 6 heteroatoms. The number of anilines is 2. The molecule has 0 amide bonds. The lowest BCUT2D eigenvalue weighted by molar-refractivity contribution is 0.0696. The molecule has 0 aliphatic heterocycles. The summed E-state index contributed by atoms with van der Waals surface area (Å²) in [6.07, 6.45) is 19.1. The summed E-state index contributed by atoms with van der Waals surface area (Å²) in [6, 6.07) is 19.2. The molecule has 0 atom stereocenters. The number of nitrogen functional groups attached to an aromatic ring is 1. The molecule has 0 aromatic heterocycles. The number of benzene rings is 3. The lowest BCUT2D eigenvalue weighted by Gasteiger charge is -2.12. The van der Waals surface area contributed by atoms with Crippen LogP contribution < -0.4 is 20.5 Å². The molecule has 0 aliphatic rings. The molecule has 3 aromatic carbocycles. The third kappa shape index (κ3) is 13.0. The molecule has 4 N–H and O–H groups in total. The molecule has 0 saturated heterocycles. The fourth-order valence-electron chi connectivity index (χ4n) is 4.81. The minimum absolute atomic E-state index is 0.0828. The van der Waals surface area contributed by atoms with Crippen molar-refractivity contribution in [2.24, 2.45) is 0 Å². The Hall–Kier alpha value is -3.67. The Morgan fingerprint density at radius 1 is 0.634 bits per heavy atom. The number of rotatable bonds is 21. The van der Waals surface area contributed by atoms with Crippen LogP contribution in [-0.4, -0.2) is 17.6 Å². The van der Waals surface area contributed by atoms with Gasteiger partial charge in [0.1, 0.15) is 23.0 Å². The Balaban J connectivity index is 1.32. The van der Waals surface area contributed by atoms with Crippen molar-refractivity contribution < 1.29 is 19.4 Å². The summed E-state index contributed by atoms with van der Waals surface area (Å²) < 4.78 is 11.8. The zero-order chi connectivity index (χ0) is 29.1. The lowest BCUT2D eigenvalue weighted by atomic mass is 10.0. The summed E-state index contributed by atoms with van der Waals surface area (Å²) >= 11 is 0. The maximum absolute atomic E-state index is 11.6. The average molecular weight is 561 g/mol. The number of unbranched alkanes of at least 4 members (excludes halogenated alkanes) is 13. The topological polar surface area (TPSA) is 93.8 Å². The van der Waals surface area contributed by atoms with Crippen LogP contribution in [0.3, 0.4) is 0 Å². The molecule has 0 radical (unpaired) electrons. The molecule has 222 valence electrons. The van der Waals surface area contributed by atoms with Crippen molar-refractivity contribution in [2.75, 3.05) is 17.6 Å². The summed E-state index contributed by atoms with van der Waals surface area (Å²) in [6.45, 7) is 3.22. The second-order valence-electron chi connectivity index (χ2n) is 10.8. The van der Waals surface area contributed by atoms with E-state index in [9.17, 15) is 9.90 Å². The largest absolute Gasteiger partial charge is 0.478 e. The molecule has 0 heterocycles.